The molecule has 0 saturated heterocycles. The van der Waals surface area contributed by atoms with E-state index in [9.17, 15) is 4.79 Å². The summed E-state index contributed by atoms with van der Waals surface area (Å²) in [6.07, 6.45) is 2.06. The highest BCUT2D eigenvalue weighted by molar-refractivity contribution is 5.92. The van der Waals surface area contributed by atoms with Gasteiger partial charge in [0.1, 0.15) is 0 Å². The van der Waals surface area contributed by atoms with Gasteiger partial charge in [-0.3, -0.25) is 0 Å². The number of H-pyrrole nitrogens is 1. The average Bonchev–Trinajstić information content (AvgIpc) is 2.90. The number of aromatic nitrogens is 2. The third kappa shape index (κ3) is 2.79. The van der Waals surface area contributed by atoms with E-state index >= 15 is 0 Å². The number of nitrogens with one attached hydrogen (secondary N) is 2. The maximum absolute atomic E-state index is 11.0. The number of aryl methyl sites for hydroxylation is 1. The molecule has 0 atom stereocenters. The van der Waals surface area contributed by atoms with Gasteiger partial charge in [-0.2, -0.15) is 0 Å². The van der Waals surface area contributed by atoms with E-state index in [1.54, 1.807) is 18.2 Å². The standard InChI is InChI=1S/C17H17N3O2/c1-2-5-11-6-3-4-7-13(11)18-17-19-14-9-8-12(16(21)22)10-15(14)20-17/h3-4,6-10H,2,5H2,1H3,(H,21,22)(H2,18,19,20). The molecule has 0 amide bonds. The van der Waals surface area contributed by atoms with Gasteiger partial charge in [0.15, 0.2) is 0 Å². The second-order valence-corrected chi connectivity index (χ2v) is 5.15. The fraction of sp³-hybridized carbons (Fsp3) is 0.176. The lowest BCUT2D eigenvalue weighted by atomic mass is 10.1. The van der Waals surface area contributed by atoms with E-state index < -0.39 is 5.97 Å². The smallest absolute Gasteiger partial charge is 0.335 e. The predicted octanol–water partition coefficient (Wildman–Crippen LogP) is 3.96. The van der Waals surface area contributed by atoms with Crippen LogP contribution in [0.25, 0.3) is 11.0 Å². The summed E-state index contributed by atoms with van der Waals surface area (Å²) in [7, 11) is 0. The quantitative estimate of drug-likeness (QED) is 0.666. The van der Waals surface area contributed by atoms with Crippen molar-refractivity contribution in [2.24, 2.45) is 0 Å². The molecule has 3 N–H and O–H groups in total. The Morgan fingerprint density at radius 2 is 2.09 bits per heavy atom. The largest absolute Gasteiger partial charge is 0.478 e. The number of nitrogens with zero attached hydrogens (tertiary/aromatic N) is 1. The molecule has 0 aliphatic rings. The summed E-state index contributed by atoms with van der Waals surface area (Å²) in [6.45, 7) is 2.14. The number of carbonyl (C=O) groups is 1. The number of imidazole rings is 1. The molecule has 3 aromatic rings. The Bertz CT molecular complexity index is 824. The summed E-state index contributed by atoms with van der Waals surface area (Å²) >= 11 is 0. The Morgan fingerprint density at radius 1 is 1.27 bits per heavy atom. The van der Waals surface area contributed by atoms with Gasteiger partial charge in [-0.1, -0.05) is 31.5 Å². The van der Waals surface area contributed by atoms with Crippen LogP contribution in [0.2, 0.25) is 0 Å². The highest BCUT2D eigenvalue weighted by Gasteiger charge is 2.08. The molecule has 0 bridgehead atoms. The number of hydrogen-bond donors (Lipinski definition) is 3. The first-order valence-corrected chi connectivity index (χ1v) is 7.25. The van der Waals surface area contributed by atoms with Crippen molar-refractivity contribution >= 4 is 28.6 Å². The summed E-state index contributed by atoms with van der Waals surface area (Å²) in [5.41, 5.74) is 3.93. The Morgan fingerprint density at radius 3 is 2.86 bits per heavy atom. The van der Waals surface area contributed by atoms with Crippen LogP contribution in [-0.4, -0.2) is 21.0 Å². The highest BCUT2D eigenvalue weighted by Crippen LogP contribution is 2.23. The van der Waals surface area contributed by atoms with Gasteiger partial charge in [-0.25, -0.2) is 9.78 Å². The first kappa shape index (κ1) is 14.1. The van der Waals surface area contributed by atoms with Gasteiger partial charge in [-0.05, 0) is 36.2 Å². The predicted molar refractivity (Wildman–Crippen MR) is 86.8 cm³/mol. The lowest BCUT2D eigenvalue weighted by Crippen LogP contribution is -1.97. The van der Waals surface area contributed by atoms with Crippen molar-refractivity contribution in [2.45, 2.75) is 19.8 Å². The van der Waals surface area contributed by atoms with Crippen molar-refractivity contribution in [3.05, 3.63) is 53.6 Å². The fourth-order valence-corrected chi connectivity index (χ4v) is 2.46. The molecule has 2 aromatic carbocycles. The summed E-state index contributed by atoms with van der Waals surface area (Å²) in [6, 6.07) is 13.0. The van der Waals surface area contributed by atoms with E-state index in [0.29, 0.717) is 11.5 Å². The van der Waals surface area contributed by atoms with Crippen LogP contribution in [0.4, 0.5) is 11.6 Å². The Hall–Kier alpha value is -2.82. The zero-order valence-electron chi connectivity index (χ0n) is 12.3. The monoisotopic (exact) mass is 295 g/mol. The number of rotatable bonds is 5. The lowest BCUT2D eigenvalue weighted by Gasteiger charge is -2.08. The molecular formula is C17H17N3O2. The number of para-hydroxylation sites is 1. The highest BCUT2D eigenvalue weighted by atomic mass is 16.4. The van der Waals surface area contributed by atoms with E-state index in [1.165, 1.54) is 5.56 Å². The number of hydrogen-bond acceptors (Lipinski definition) is 3. The molecule has 112 valence electrons. The van der Waals surface area contributed by atoms with E-state index in [-0.39, 0.29) is 5.56 Å². The van der Waals surface area contributed by atoms with Gasteiger partial charge >= 0.3 is 5.97 Å². The Kier molecular flexibility index (Phi) is 3.78. The third-order valence-electron chi connectivity index (χ3n) is 3.52. The fourth-order valence-electron chi connectivity index (χ4n) is 2.46. The van der Waals surface area contributed by atoms with Gasteiger partial charge in [0, 0.05) is 5.69 Å². The summed E-state index contributed by atoms with van der Waals surface area (Å²) in [4.78, 5) is 18.6. The number of aromatic carboxylic acids is 1. The second-order valence-electron chi connectivity index (χ2n) is 5.15. The minimum atomic E-state index is -0.945. The number of benzene rings is 2. The van der Waals surface area contributed by atoms with Crippen LogP contribution in [0.5, 0.6) is 0 Å². The van der Waals surface area contributed by atoms with E-state index in [0.717, 1.165) is 24.0 Å². The second kappa shape index (κ2) is 5.89. The topological polar surface area (TPSA) is 78.0 Å². The molecule has 5 heteroatoms. The van der Waals surface area contributed by atoms with Gasteiger partial charge in [0.25, 0.3) is 0 Å². The SMILES string of the molecule is CCCc1ccccc1Nc1nc2ccc(C(=O)O)cc2[nH]1. The molecular weight excluding hydrogens is 278 g/mol. The number of fused-ring (bicyclic) bond motifs is 1. The lowest BCUT2D eigenvalue weighted by molar-refractivity contribution is 0.0697. The zero-order chi connectivity index (χ0) is 15.5. The van der Waals surface area contributed by atoms with Crippen molar-refractivity contribution in [3.63, 3.8) is 0 Å². The van der Waals surface area contributed by atoms with Crippen LogP contribution in [0.3, 0.4) is 0 Å². The first-order chi connectivity index (χ1) is 10.7. The minimum Gasteiger partial charge on any atom is -0.478 e. The molecule has 0 aliphatic heterocycles. The van der Waals surface area contributed by atoms with Gasteiger partial charge in [0.05, 0.1) is 16.6 Å². The number of aromatic amines is 1. The molecule has 0 aliphatic carbocycles. The Labute approximate surface area is 128 Å². The number of anilines is 2. The van der Waals surface area contributed by atoms with Crippen LogP contribution >= 0.6 is 0 Å². The first-order valence-electron chi connectivity index (χ1n) is 7.25. The normalized spacial score (nSPS) is 10.8. The van der Waals surface area contributed by atoms with Crippen LogP contribution in [-0.2, 0) is 6.42 Å². The minimum absolute atomic E-state index is 0.245. The number of carboxylic acids is 1. The maximum atomic E-state index is 11.0. The van der Waals surface area contributed by atoms with Gasteiger partial charge in [0.2, 0.25) is 5.95 Å². The average molecular weight is 295 g/mol. The zero-order valence-corrected chi connectivity index (χ0v) is 12.3. The van der Waals surface area contributed by atoms with Crippen molar-refractivity contribution in [1.29, 1.82) is 0 Å². The van der Waals surface area contributed by atoms with E-state index in [4.69, 9.17) is 5.11 Å². The molecule has 0 fully saturated rings. The molecule has 1 aromatic heterocycles. The molecule has 5 nitrogen and oxygen atoms in total. The molecule has 0 spiro atoms. The van der Waals surface area contributed by atoms with Crippen molar-refractivity contribution < 1.29 is 9.90 Å². The van der Waals surface area contributed by atoms with Gasteiger partial charge in [-0.15, -0.1) is 0 Å². The van der Waals surface area contributed by atoms with Gasteiger partial charge < -0.3 is 15.4 Å². The number of carboxylic acid groups (broad SMARTS) is 1. The van der Waals surface area contributed by atoms with E-state index in [2.05, 4.69) is 28.3 Å². The Balaban J connectivity index is 1.93. The molecule has 0 saturated carbocycles. The van der Waals surface area contributed by atoms with Crippen molar-refractivity contribution in [2.75, 3.05) is 5.32 Å². The maximum Gasteiger partial charge on any atom is 0.335 e. The molecule has 1 heterocycles. The van der Waals surface area contributed by atoms with E-state index in [1.807, 2.05) is 18.2 Å². The van der Waals surface area contributed by atoms with Crippen molar-refractivity contribution in [1.82, 2.24) is 9.97 Å². The third-order valence-corrected chi connectivity index (χ3v) is 3.52. The summed E-state index contributed by atoms with van der Waals surface area (Å²) in [5, 5.41) is 12.3. The molecule has 0 radical (unpaired) electrons. The molecule has 22 heavy (non-hydrogen) atoms. The van der Waals surface area contributed by atoms with Crippen molar-refractivity contribution in [3.8, 4) is 0 Å². The van der Waals surface area contributed by atoms with Crippen LogP contribution < -0.4 is 5.32 Å². The molecule has 0 unspecified atom stereocenters. The summed E-state index contributed by atoms with van der Waals surface area (Å²) in [5.74, 6) is -0.333. The van der Waals surface area contributed by atoms with Crippen LogP contribution in [0, 0.1) is 0 Å². The van der Waals surface area contributed by atoms with Crippen LogP contribution in [0.1, 0.15) is 29.3 Å². The molecule has 3 rings (SSSR count). The summed E-state index contributed by atoms with van der Waals surface area (Å²) < 4.78 is 0. The van der Waals surface area contributed by atoms with Crippen LogP contribution in [0.15, 0.2) is 42.5 Å².